The number of amides is 1. The summed E-state index contributed by atoms with van der Waals surface area (Å²) >= 11 is 0. The topological polar surface area (TPSA) is 69.8 Å². The van der Waals surface area contributed by atoms with Gasteiger partial charge in [-0.05, 0) is 30.0 Å². The highest BCUT2D eigenvalue weighted by Crippen LogP contribution is 2.18. The van der Waals surface area contributed by atoms with E-state index in [-0.39, 0.29) is 5.91 Å². The van der Waals surface area contributed by atoms with Crippen molar-refractivity contribution in [3.8, 4) is 11.3 Å². The van der Waals surface area contributed by atoms with Gasteiger partial charge in [0, 0.05) is 18.8 Å². The molecule has 104 valence electrons. The first-order valence-corrected chi connectivity index (χ1v) is 6.90. The summed E-state index contributed by atoms with van der Waals surface area (Å²) in [6.07, 6.45) is 4.13. The second-order valence-corrected chi connectivity index (χ2v) is 5.10. The van der Waals surface area contributed by atoms with Crippen molar-refractivity contribution in [1.29, 1.82) is 0 Å². The number of nitrogens with zero attached hydrogens (tertiary/aromatic N) is 1. The van der Waals surface area contributed by atoms with Gasteiger partial charge in [0.15, 0.2) is 0 Å². The summed E-state index contributed by atoms with van der Waals surface area (Å²) in [5.74, 6) is 0.0505. The lowest BCUT2D eigenvalue weighted by atomic mass is 10.1. The minimum absolute atomic E-state index is 0.0505. The summed E-state index contributed by atoms with van der Waals surface area (Å²) in [7, 11) is 0. The van der Waals surface area contributed by atoms with Gasteiger partial charge in [-0.25, -0.2) is 0 Å². The number of carbonyl (C=O) groups is 1. The number of H-pyrrole nitrogens is 1. The second-order valence-electron chi connectivity index (χ2n) is 5.10. The van der Waals surface area contributed by atoms with Gasteiger partial charge in [0.1, 0.15) is 0 Å². The van der Waals surface area contributed by atoms with Gasteiger partial charge < -0.3 is 10.6 Å². The third-order valence-electron chi connectivity index (χ3n) is 3.38. The molecule has 1 aliphatic carbocycles. The first kappa shape index (κ1) is 12.9. The number of aromatic nitrogens is 2. The molecule has 0 atom stereocenters. The number of rotatable bonds is 6. The molecule has 0 radical (unpaired) electrons. The lowest BCUT2D eigenvalue weighted by molar-refractivity contribution is -0.120. The van der Waals surface area contributed by atoms with Crippen LogP contribution < -0.4 is 10.6 Å². The van der Waals surface area contributed by atoms with E-state index in [0.29, 0.717) is 19.1 Å². The monoisotopic (exact) mass is 270 g/mol. The third-order valence-corrected chi connectivity index (χ3v) is 3.38. The summed E-state index contributed by atoms with van der Waals surface area (Å²) in [5, 5.41) is 13.0. The van der Waals surface area contributed by atoms with Crippen LogP contribution in [0.5, 0.6) is 0 Å². The molecule has 20 heavy (non-hydrogen) atoms. The van der Waals surface area contributed by atoms with E-state index in [0.717, 1.165) is 16.8 Å². The zero-order valence-corrected chi connectivity index (χ0v) is 11.2. The molecule has 0 unspecified atom stereocenters. The Bertz CT molecular complexity index is 558. The Morgan fingerprint density at radius 3 is 2.70 bits per heavy atom. The number of aromatic amines is 1. The molecule has 1 fully saturated rings. The molecule has 3 rings (SSSR count). The number of benzene rings is 1. The first-order valence-electron chi connectivity index (χ1n) is 6.90. The average Bonchev–Trinajstić information content (AvgIpc) is 3.15. The van der Waals surface area contributed by atoms with Crippen LogP contribution in [0.15, 0.2) is 36.5 Å². The van der Waals surface area contributed by atoms with Gasteiger partial charge in [0.05, 0.1) is 12.2 Å². The Kier molecular flexibility index (Phi) is 3.78. The maximum atomic E-state index is 11.6. The largest absolute Gasteiger partial charge is 0.351 e. The lowest BCUT2D eigenvalue weighted by Gasteiger charge is -2.06. The quantitative estimate of drug-likeness (QED) is 0.744. The van der Waals surface area contributed by atoms with Crippen molar-refractivity contribution in [3.63, 3.8) is 0 Å². The fraction of sp³-hybridized carbons (Fsp3) is 0.333. The van der Waals surface area contributed by atoms with Gasteiger partial charge in [-0.2, -0.15) is 5.10 Å². The van der Waals surface area contributed by atoms with Crippen LogP contribution in [0.1, 0.15) is 18.4 Å². The lowest BCUT2D eigenvalue weighted by Crippen LogP contribution is -2.34. The minimum atomic E-state index is 0.0505. The van der Waals surface area contributed by atoms with E-state index < -0.39 is 0 Å². The van der Waals surface area contributed by atoms with Crippen LogP contribution in [0.4, 0.5) is 0 Å². The van der Waals surface area contributed by atoms with E-state index in [2.05, 4.69) is 20.8 Å². The van der Waals surface area contributed by atoms with Crippen LogP contribution >= 0.6 is 0 Å². The number of carbonyl (C=O) groups excluding carboxylic acids is 1. The number of nitrogens with one attached hydrogen (secondary N) is 3. The molecule has 3 N–H and O–H groups in total. The zero-order valence-electron chi connectivity index (χ0n) is 11.2. The highest BCUT2D eigenvalue weighted by Gasteiger charge is 2.20. The molecular weight excluding hydrogens is 252 g/mol. The van der Waals surface area contributed by atoms with Crippen LogP contribution in [-0.2, 0) is 11.3 Å². The van der Waals surface area contributed by atoms with Gasteiger partial charge in [0.25, 0.3) is 0 Å². The van der Waals surface area contributed by atoms with Crippen LogP contribution in [0.25, 0.3) is 11.3 Å². The van der Waals surface area contributed by atoms with Crippen molar-refractivity contribution in [2.75, 3.05) is 6.54 Å². The maximum Gasteiger partial charge on any atom is 0.234 e. The van der Waals surface area contributed by atoms with E-state index in [9.17, 15) is 4.79 Å². The van der Waals surface area contributed by atoms with Gasteiger partial charge in [-0.1, -0.05) is 24.3 Å². The Morgan fingerprint density at radius 1 is 1.25 bits per heavy atom. The standard InChI is InChI=1S/C15H18N4O/c20-15(10-16-13-5-6-13)17-9-11-1-3-12(4-2-11)14-7-8-18-19-14/h1-4,7-8,13,16H,5-6,9-10H2,(H,17,20)(H,18,19). The van der Waals surface area contributed by atoms with Crippen LogP contribution in [0, 0.1) is 0 Å². The molecule has 5 heteroatoms. The van der Waals surface area contributed by atoms with Gasteiger partial charge in [-0.15, -0.1) is 0 Å². The molecule has 5 nitrogen and oxygen atoms in total. The average molecular weight is 270 g/mol. The summed E-state index contributed by atoms with van der Waals surface area (Å²) in [5.41, 5.74) is 3.18. The van der Waals surface area contributed by atoms with Crippen molar-refractivity contribution in [1.82, 2.24) is 20.8 Å². The van der Waals surface area contributed by atoms with E-state index in [1.54, 1.807) is 6.20 Å². The molecule has 1 aromatic carbocycles. The molecule has 2 aromatic rings. The molecule has 1 saturated carbocycles. The van der Waals surface area contributed by atoms with Gasteiger partial charge >= 0.3 is 0 Å². The fourth-order valence-electron chi connectivity index (χ4n) is 2.01. The summed E-state index contributed by atoms with van der Waals surface area (Å²) < 4.78 is 0. The molecule has 0 spiro atoms. The zero-order chi connectivity index (χ0) is 13.8. The number of hydrogen-bond acceptors (Lipinski definition) is 3. The maximum absolute atomic E-state index is 11.6. The molecule has 0 aliphatic heterocycles. The summed E-state index contributed by atoms with van der Waals surface area (Å²) in [4.78, 5) is 11.6. The van der Waals surface area contributed by atoms with E-state index in [4.69, 9.17) is 0 Å². The van der Waals surface area contributed by atoms with Crippen LogP contribution in [0.2, 0.25) is 0 Å². The smallest absolute Gasteiger partial charge is 0.234 e. The van der Waals surface area contributed by atoms with Crippen molar-refractivity contribution in [3.05, 3.63) is 42.1 Å². The highest BCUT2D eigenvalue weighted by atomic mass is 16.1. The Labute approximate surface area is 117 Å². The fourth-order valence-corrected chi connectivity index (χ4v) is 2.01. The molecule has 1 amide bonds. The van der Waals surface area contributed by atoms with Crippen molar-refractivity contribution < 1.29 is 4.79 Å². The Balaban J connectivity index is 1.48. The third kappa shape index (κ3) is 3.45. The van der Waals surface area contributed by atoms with Crippen molar-refractivity contribution in [2.45, 2.75) is 25.4 Å². The first-order chi connectivity index (χ1) is 9.81. The highest BCUT2D eigenvalue weighted by molar-refractivity contribution is 5.78. The second kappa shape index (κ2) is 5.88. The number of hydrogen-bond donors (Lipinski definition) is 3. The van der Waals surface area contributed by atoms with Crippen LogP contribution in [-0.4, -0.2) is 28.7 Å². The molecular formula is C15H18N4O. The van der Waals surface area contributed by atoms with E-state index in [1.807, 2.05) is 30.3 Å². The Hall–Kier alpha value is -2.14. The van der Waals surface area contributed by atoms with Gasteiger partial charge in [-0.3, -0.25) is 9.89 Å². The van der Waals surface area contributed by atoms with Crippen LogP contribution in [0.3, 0.4) is 0 Å². The normalized spacial score (nSPS) is 14.2. The molecule has 0 bridgehead atoms. The van der Waals surface area contributed by atoms with E-state index >= 15 is 0 Å². The predicted molar refractivity (Wildman–Crippen MR) is 76.9 cm³/mol. The molecule has 1 aliphatic rings. The van der Waals surface area contributed by atoms with E-state index in [1.165, 1.54) is 12.8 Å². The van der Waals surface area contributed by atoms with Gasteiger partial charge in [0.2, 0.25) is 5.91 Å². The summed E-state index contributed by atoms with van der Waals surface area (Å²) in [6, 6.07) is 10.6. The predicted octanol–water partition coefficient (Wildman–Crippen LogP) is 1.44. The summed E-state index contributed by atoms with van der Waals surface area (Å²) in [6.45, 7) is 0.978. The molecule has 1 heterocycles. The Morgan fingerprint density at radius 2 is 2.05 bits per heavy atom. The SMILES string of the molecule is O=C(CNC1CC1)NCc1ccc(-c2ccn[nH]2)cc1. The van der Waals surface area contributed by atoms with Crippen molar-refractivity contribution in [2.24, 2.45) is 0 Å². The molecule has 1 aromatic heterocycles. The molecule has 0 saturated heterocycles. The van der Waals surface area contributed by atoms with Crippen molar-refractivity contribution >= 4 is 5.91 Å². The minimum Gasteiger partial charge on any atom is -0.351 e.